The van der Waals surface area contributed by atoms with Crippen LogP contribution in [0.15, 0.2) is 72.2 Å². The minimum absolute atomic E-state index is 0.188. The smallest absolute Gasteiger partial charge is 0.353 e. The van der Waals surface area contributed by atoms with Crippen molar-refractivity contribution in [1.82, 2.24) is 10.6 Å². The molecule has 0 aliphatic rings. The van der Waals surface area contributed by atoms with Gasteiger partial charge in [0.05, 0.1) is 12.2 Å². The largest absolute Gasteiger partial charge is 0.373 e. The number of unbranched alkanes of at least 4 members (excludes halogenated alkanes) is 2. The van der Waals surface area contributed by atoms with E-state index in [0.29, 0.717) is 31.5 Å². The summed E-state index contributed by atoms with van der Waals surface area (Å²) in [6.07, 6.45) is 6.13. The molecular formula is C27H31BrN2O5. The Morgan fingerprint density at radius 2 is 1.49 bits per heavy atom. The Labute approximate surface area is 214 Å². The van der Waals surface area contributed by atoms with Gasteiger partial charge in [0.1, 0.15) is 0 Å². The van der Waals surface area contributed by atoms with Crippen LogP contribution in [0.2, 0.25) is 0 Å². The first-order chi connectivity index (χ1) is 17.0. The molecule has 0 spiro atoms. The maximum atomic E-state index is 12.9. The van der Waals surface area contributed by atoms with Crippen molar-refractivity contribution in [2.24, 2.45) is 0 Å². The number of nitrogens with one attached hydrogen (secondary N) is 2. The van der Waals surface area contributed by atoms with Gasteiger partial charge in [0.25, 0.3) is 0 Å². The van der Waals surface area contributed by atoms with Crippen molar-refractivity contribution in [3.05, 3.63) is 83.4 Å². The van der Waals surface area contributed by atoms with Crippen molar-refractivity contribution in [3.63, 3.8) is 0 Å². The van der Waals surface area contributed by atoms with E-state index in [1.54, 1.807) is 6.07 Å². The molecule has 186 valence electrons. The Morgan fingerprint density at radius 1 is 0.857 bits per heavy atom. The second-order valence-electron chi connectivity index (χ2n) is 7.69. The molecule has 2 amide bonds. The summed E-state index contributed by atoms with van der Waals surface area (Å²) in [6.45, 7) is 8.12. The van der Waals surface area contributed by atoms with Gasteiger partial charge in [-0.05, 0) is 79.1 Å². The molecule has 0 aromatic heterocycles. The molecule has 0 saturated heterocycles. The maximum absolute atomic E-state index is 12.9. The third kappa shape index (κ3) is 9.88. The van der Waals surface area contributed by atoms with E-state index >= 15 is 0 Å². The lowest BCUT2D eigenvalue weighted by molar-refractivity contribution is -0.241. The number of hydrogen-bond donors (Lipinski definition) is 2. The summed E-state index contributed by atoms with van der Waals surface area (Å²) in [6, 6.07) is 13.3. The summed E-state index contributed by atoms with van der Waals surface area (Å²) in [4.78, 5) is 45.6. The predicted molar refractivity (Wildman–Crippen MR) is 140 cm³/mol. The molecule has 0 aliphatic carbocycles. The van der Waals surface area contributed by atoms with Crippen LogP contribution < -0.4 is 10.6 Å². The molecule has 7 nitrogen and oxygen atoms in total. The maximum Gasteiger partial charge on any atom is 0.373 e. The van der Waals surface area contributed by atoms with E-state index in [-0.39, 0.29) is 18.4 Å². The van der Waals surface area contributed by atoms with E-state index in [4.69, 9.17) is 9.78 Å². The highest BCUT2D eigenvalue weighted by atomic mass is 79.9. The van der Waals surface area contributed by atoms with Gasteiger partial charge in [-0.25, -0.2) is 4.79 Å². The minimum Gasteiger partial charge on any atom is -0.353 e. The molecule has 0 heterocycles. The molecule has 0 unspecified atom stereocenters. The molecular weight excluding hydrogens is 512 g/mol. The van der Waals surface area contributed by atoms with Crippen LogP contribution in [0.5, 0.6) is 0 Å². The fraction of sp³-hybridized carbons (Fsp3) is 0.296. The minimum atomic E-state index is -0.567. The van der Waals surface area contributed by atoms with Crippen LogP contribution in [0, 0.1) is 0 Å². The highest BCUT2D eigenvalue weighted by Gasteiger charge is 2.18. The van der Waals surface area contributed by atoms with Crippen LogP contribution in [0.25, 0.3) is 11.1 Å². The highest BCUT2D eigenvalue weighted by molar-refractivity contribution is 9.10. The first-order valence-corrected chi connectivity index (χ1v) is 12.3. The molecule has 0 atom stereocenters. The van der Waals surface area contributed by atoms with Crippen LogP contribution in [0.3, 0.4) is 0 Å². The zero-order valence-corrected chi connectivity index (χ0v) is 21.3. The van der Waals surface area contributed by atoms with Crippen molar-refractivity contribution in [2.45, 2.75) is 32.1 Å². The lowest BCUT2D eigenvalue weighted by Gasteiger charge is -2.15. The molecule has 8 heteroatoms. The lowest BCUT2D eigenvalue weighted by Crippen LogP contribution is -2.22. The van der Waals surface area contributed by atoms with Gasteiger partial charge in [0.2, 0.25) is 11.8 Å². The lowest BCUT2D eigenvalue weighted by atomic mass is 9.91. The van der Waals surface area contributed by atoms with Crippen molar-refractivity contribution in [3.8, 4) is 11.1 Å². The van der Waals surface area contributed by atoms with Crippen LogP contribution >= 0.6 is 15.9 Å². The average Bonchev–Trinajstić information content (AvgIpc) is 2.87. The van der Waals surface area contributed by atoms with Gasteiger partial charge < -0.3 is 10.6 Å². The van der Waals surface area contributed by atoms with Crippen LogP contribution in [-0.2, 0) is 25.8 Å². The Morgan fingerprint density at radius 3 is 2.11 bits per heavy atom. The Hall–Kier alpha value is -3.23. The fourth-order valence-corrected chi connectivity index (χ4v) is 3.63. The third-order valence-corrected chi connectivity index (χ3v) is 5.66. The number of amides is 2. The molecule has 35 heavy (non-hydrogen) atoms. The Balaban J connectivity index is 2.02. The van der Waals surface area contributed by atoms with Gasteiger partial charge >= 0.3 is 5.97 Å². The van der Waals surface area contributed by atoms with Gasteiger partial charge in [-0.15, -0.1) is 0 Å². The number of halogens is 1. The van der Waals surface area contributed by atoms with Gasteiger partial charge in [-0.2, -0.15) is 4.89 Å². The summed E-state index contributed by atoms with van der Waals surface area (Å²) in [5.41, 5.74) is 3.13. The van der Waals surface area contributed by atoms with E-state index in [9.17, 15) is 14.4 Å². The second-order valence-corrected chi connectivity index (χ2v) is 8.61. The SMILES string of the molecule is C=CC(=O)NCCCCOOC(=O)c1cccc(CCCCNC(=O)C=C)c1-c1ccc(Br)cc1. The molecule has 0 saturated carbocycles. The number of rotatable bonds is 15. The molecule has 2 aromatic rings. The first-order valence-electron chi connectivity index (χ1n) is 11.5. The van der Waals surface area contributed by atoms with Crippen LogP contribution in [0.1, 0.15) is 41.6 Å². The van der Waals surface area contributed by atoms with Crippen molar-refractivity contribution >= 4 is 33.7 Å². The van der Waals surface area contributed by atoms with Gasteiger partial charge in [-0.3, -0.25) is 14.5 Å². The molecule has 0 bridgehead atoms. The Bertz CT molecular complexity index is 1020. The summed E-state index contributed by atoms with van der Waals surface area (Å²) in [5, 5.41) is 5.45. The van der Waals surface area contributed by atoms with E-state index < -0.39 is 5.97 Å². The zero-order chi connectivity index (χ0) is 25.5. The summed E-state index contributed by atoms with van der Waals surface area (Å²) < 4.78 is 0.938. The number of carbonyl (C=O) groups excluding carboxylic acids is 3. The summed E-state index contributed by atoms with van der Waals surface area (Å²) in [7, 11) is 0. The van der Waals surface area contributed by atoms with Crippen molar-refractivity contribution in [1.29, 1.82) is 0 Å². The van der Waals surface area contributed by atoms with Gasteiger partial charge in [0, 0.05) is 17.6 Å². The van der Waals surface area contributed by atoms with Crippen molar-refractivity contribution in [2.75, 3.05) is 19.7 Å². The van der Waals surface area contributed by atoms with Gasteiger partial charge in [0.15, 0.2) is 0 Å². The topological polar surface area (TPSA) is 93.7 Å². The standard InChI is InChI=1S/C27H31BrN2O5/c1-3-24(31)29-17-6-5-10-20-11-9-12-23(26(20)21-13-15-22(28)16-14-21)27(33)35-34-19-8-7-18-30-25(32)4-2/h3-4,9,11-16H,1-2,5-8,10,17-19H2,(H,29,31)(H,30,32). The molecule has 0 radical (unpaired) electrons. The second kappa shape index (κ2) is 15.6. The molecule has 2 rings (SSSR count). The third-order valence-electron chi connectivity index (χ3n) is 5.13. The zero-order valence-electron chi connectivity index (χ0n) is 19.7. The summed E-state index contributed by atoms with van der Waals surface area (Å²) >= 11 is 3.45. The predicted octanol–water partition coefficient (Wildman–Crippen LogP) is 4.91. The molecule has 0 aliphatic heterocycles. The van der Waals surface area contributed by atoms with Crippen LogP contribution in [-0.4, -0.2) is 37.5 Å². The van der Waals surface area contributed by atoms with Crippen LogP contribution in [0.4, 0.5) is 0 Å². The van der Waals surface area contributed by atoms with Crippen molar-refractivity contribution < 1.29 is 24.2 Å². The molecule has 0 fully saturated rings. The number of benzene rings is 2. The quantitative estimate of drug-likeness (QED) is 0.144. The molecule has 2 N–H and O–H groups in total. The first kappa shape index (κ1) is 28.0. The average molecular weight is 543 g/mol. The normalized spacial score (nSPS) is 10.3. The number of hydrogen-bond acceptors (Lipinski definition) is 5. The highest BCUT2D eigenvalue weighted by Crippen LogP contribution is 2.31. The van der Waals surface area contributed by atoms with E-state index in [1.807, 2.05) is 36.4 Å². The monoisotopic (exact) mass is 542 g/mol. The number of aryl methyl sites for hydroxylation is 1. The molecule has 2 aromatic carbocycles. The number of carbonyl (C=O) groups is 3. The summed E-state index contributed by atoms with van der Waals surface area (Å²) in [5.74, 6) is -0.978. The van der Waals surface area contributed by atoms with E-state index in [1.165, 1.54) is 12.2 Å². The van der Waals surface area contributed by atoms with E-state index in [0.717, 1.165) is 40.4 Å². The van der Waals surface area contributed by atoms with Gasteiger partial charge in [-0.1, -0.05) is 53.4 Å². The fourth-order valence-electron chi connectivity index (χ4n) is 3.37. The van der Waals surface area contributed by atoms with E-state index in [2.05, 4.69) is 39.7 Å². The Kier molecular flexibility index (Phi) is 12.5.